The van der Waals surface area contributed by atoms with Crippen molar-refractivity contribution in [1.82, 2.24) is 0 Å². The molecule has 2 N–H and O–H groups in total. The lowest BCUT2D eigenvalue weighted by Crippen LogP contribution is -2.39. The second-order valence-electron chi connectivity index (χ2n) is 6.03. The first-order valence-corrected chi connectivity index (χ1v) is 7.70. The zero-order chi connectivity index (χ0) is 12.1. The Labute approximate surface area is 106 Å². The topological polar surface area (TPSA) is 35.2 Å². The summed E-state index contributed by atoms with van der Waals surface area (Å²) in [7, 11) is 0. The average molecular weight is 239 g/mol. The fourth-order valence-electron chi connectivity index (χ4n) is 3.39. The van der Waals surface area contributed by atoms with Crippen molar-refractivity contribution in [2.45, 2.75) is 89.4 Å². The lowest BCUT2D eigenvalue weighted by molar-refractivity contribution is -0.0498. The summed E-state index contributed by atoms with van der Waals surface area (Å²) in [5.41, 5.74) is 6.22. The van der Waals surface area contributed by atoms with Crippen LogP contribution < -0.4 is 5.73 Å². The molecule has 0 aliphatic heterocycles. The fourth-order valence-corrected chi connectivity index (χ4v) is 3.39. The maximum Gasteiger partial charge on any atom is 0.0729 e. The van der Waals surface area contributed by atoms with Crippen LogP contribution in [0.25, 0.3) is 0 Å². The Kier molecular flexibility index (Phi) is 5.30. The number of ether oxygens (including phenoxy) is 1. The average Bonchev–Trinajstić information content (AvgIpc) is 2.56. The molecule has 17 heavy (non-hydrogen) atoms. The molecule has 2 aliphatic rings. The van der Waals surface area contributed by atoms with Crippen LogP contribution in [-0.2, 0) is 4.74 Å². The second-order valence-corrected chi connectivity index (χ2v) is 6.03. The maximum absolute atomic E-state index is 6.29. The molecule has 0 radical (unpaired) electrons. The van der Waals surface area contributed by atoms with Gasteiger partial charge in [-0.15, -0.1) is 0 Å². The van der Waals surface area contributed by atoms with Gasteiger partial charge in [0.2, 0.25) is 0 Å². The van der Waals surface area contributed by atoms with Crippen molar-refractivity contribution in [3.8, 4) is 0 Å². The van der Waals surface area contributed by atoms with Gasteiger partial charge < -0.3 is 10.5 Å². The van der Waals surface area contributed by atoms with Crippen LogP contribution in [0.4, 0.5) is 0 Å². The third kappa shape index (κ3) is 3.96. The van der Waals surface area contributed by atoms with Gasteiger partial charge in [0.15, 0.2) is 0 Å². The summed E-state index contributed by atoms with van der Waals surface area (Å²) in [6, 6.07) is 0.293. The molecule has 0 saturated heterocycles. The van der Waals surface area contributed by atoms with Gasteiger partial charge in [-0.25, -0.2) is 0 Å². The first-order valence-electron chi connectivity index (χ1n) is 7.70. The van der Waals surface area contributed by atoms with Gasteiger partial charge in [0.25, 0.3) is 0 Å². The van der Waals surface area contributed by atoms with Crippen molar-refractivity contribution in [2.75, 3.05) is 0 Å². The summed E-state index contributed by atoms with van der Waals surface area (Å²) >= 11 is 0. The van der Waals surface area contributed by atoms with Crippen LogP contribution >= 0.6 is 0 Å². The zero-order valence-electron chi connectivity index (χ0n) is 11.4. The van der Waals surface area contributed by atoms with Crippen molar-refractivity contribution in [3.63, 3.8) is 0 Å². The van der Waals surface area contributed by atoms with Gasteiger partial charge in [-0.2, -0.15) is 0 Å². The molecule has 2 nitrogen and oxygen atoms in total. The Morgan fingerprint density at radius 2 is 1.65 bits per heavy atom. The minimum Gasteiger partial charge on any atom is -0.373 e. The molecule has 0 aromatic heterocycles. The van der Waals surface area contributed by atoms with E-state index in [-0.39, 0.29) is 0 Å². The summed E-state index contributed by atoms with van der Waals surface area (Å²) in [4.78, 5) is 0. The molecule has 2 aliphatic carbocycles. The zero-order valence-corrected chi connectivity index (χ0v) is 11.4. The van der Waals surface area contributed by atoms with Crippen molar-refractivity contribution in [2.24, 2.45) is 11.7 Å². The highest BCUT2D eigenvalue weighted by molar-refractivity contribution is 4.80. The molecule has 2 rings (SSSR count). The van der Waals surface area contributed by atoms with E-state index in [1.807, 2.05) is 0 Å². The number of rotatable bonds is 3. The largest absolute Gasteiger partial charge is 0.373 e. The van der Waals surface area contributed by atoms with E-state index in [0.29, 0.717) is 18.2 Å². The van der Waals surface area contributed by atoms with E-state index in [1.165, 1.54) is 57.8 Å². The van der Waals surface area contributed by atoms with Crippen molar-refractivity contribution < 1.29 is 4.74 Å². The van der Waals surface area contributed by atoms with Crippen LogP contribution in [-0.4, -0.2) is 18.2 Å². The van der Waals surface area contributed by atoms with Crippen molar-refractivity contribution in [1.29, 1.82) is 0 Å². The monoisotopic (exact) mass is 239 g/mol. The highest BCUT2D eigenvalue weighted by atomic mass is 16.5. The molecular formula is C15H29NO. The summed E-state index contributed by atoms with van der Waals surface area (Å²) in [5, 5.41) is 0. The third-order valence-electron chi connectivity index (χ3n) is 4.74. The van der Waals surface area contributed by atoms with E-state index in [4.69, 9.17) is 10.5 Å². The molecule has 2 heteroatoms. The van der Waals surface area contributed by atoms with E-state index >= 15 is 0 Å². The molecule has 0 spiro atoms. The van der Waals surface area contributed by atoms with Crippen LogP contribution in [0.15, 0.2) is 0 Å². The number of nitrogens with two attached hydrogens (primary N) is 1. The predicted octanol–water partition coefficient (Wildman–Crippen LogP) is 3.63. The molecular weight excluding hydrogens is 210 g/mol. The van der Waals surface area contributed by atoms with Gasteiger partial charge in [0.1, 0.15) is 0 Å². The quantitative estimate of drug-likeness (QED) is 0.763. The summed E-state index contributed by atoms with van der Waals surface area (Å²) in [6.07, 6.45) is 13.8. The lowest BCUT2D eigenvalue weighted by atomic mass is 9.85. The van der Waals surface area contributed by atoms with Crippen LogP contribution in [0.1, 0.15) is 71.1 Å². The SMILES string of the molecule is CCC1CCC(OC2CCCCCC2N)CC1. The Balaban J connectivity index is 1.76. The van der Waals surface area contributed by atoms with Crippen LogP contribution in [0.5, 0.6) is 0 Å². The summed E-state index contributed by atoms with van der Waals surface area (Å²) < 4.78 is 6.29. The van der Waals surface area contributed by atoms with E-state index in [0.717, 1.165) is 12.3 Å². The number of hydrogen-bond acceptors (Lipinski definition) is 2. The van der Waals surface area contributed by atoms with Gasteiger partial charge >= 0.3 is 0 Å². The first kappa shape index (κ1) is 13.4. The fraction of sp³-hybridized carbons (Fsp3) is 1.00. The smallest absolute Gasteiger partial charge is 0.0729 e. The maximum atomic E-state index is 6.29. The van der Waals surface area contributed by atoms with E-state index < -0.39 is 0 Å². The summed E-state index contributed by atoms with van der Waals surface area (Å²) in [5.74, 6) is 0.956. The molecule has 0 bridgehead atoms. The van der Waals surface area contributed by atoms with Gasteiger partial charge in [0, 0.05) is 6.04 Å². The van der Waals surface area contributed by atoms with Gasteiger partial charge in [-0.3, -0.25) is 0 Å². The summed E-state index contributed by atoms with van der Waals surface area (Å²) in [6.45, 7) is 2.31. The Hall–Kier alpha value is -0.0800. The van der Waals surface area contributed by atoms with Gasteiger partial charge in [0.05, 0.1) is 12.2 Å². The van der Waals surface area contributed by atoms with Crippen molar-refractivity contribution in [3.05, 3.63) is 0 Å². The van der Waals surface area contributed by atoms with E-state index in [9.17, 15) is 0 Å². The van der Waals surface area contributed by atoms with Gasteiger partial charge in [-0.1, -0.05) is 32.6 Å². The molecule has 0 aromatic rings. The van der Waals surface area contributed by atoms with Crippen LogP contribution in [0.2, 0.25) is 0 Å². The molecule has 2 fully saturated rings. The van der Waals surface area contributed by atoms with Gasteiger partial charge in [-0.05, 0) is 44.4 Å². The predicted molar refractivity (Wildman–Crippen MR) is 72.0 cm³/mol. The van der Waals surface area contributed by atoms with Crippen LogP contribution in [0, 0.1) is 5.92 Å². The molecule has 0 aromatic carbocycles. The number of hydrogen-bond donors (Lipinski definition) is 1. The molecule has 2 saturated carbocycles. The second kappa shape index (κ2) is 6.75. The van der Waals surface area contributed by atoms with Crippen molar-refractivity contribution >= 4 is 0 Å². The molecule has 2 atom stereocenters. The minimum absolute atomic E-state index is 0.293. The first-order chi connectivity index (χ1) is 8.29. The molecule has 2 unspecified atom stereocenters. The Morgan fingerprint density at radius 1 is 0.941 bits per heavy atom. The molecule has 0 amide bonds. The lowest BCUT2D eigenvalue weighted by Gasteiger charge is -2.32. The standard InChI is InChI=1S/C15H29NO/c1-2-12-8-10-13(11-9-12)17-15-7-5-3-4-6-14(15)16/h12-15H,2-11,16H2,1H3. The van der Waals surface area contributed by atoms with Crippen LogP contribution in [0.3, 0.4) is 0 Å². The third-order valence-corrected chi connectivity index (χ3v) is 4.74. The van der Waals surface area contributed by atoms with E-state index in [2.05, 4.69) is 6.92 Å². The minimum atomic E-state index is 0.293. The normalized spacial score (nSPS) is 39.9. The molecule has 100 valence electrons. The Bertz CT molecular complexity index is 211. The highest BCUT2D eigenvalue weighted by Crippen LogP contribution is 2.30. The van der Waals surface area contributed by atoms with E-state index in [1.54, 1.807) is 0 Å². The highest BCUT2D eigenvalue weighted by Gasteiger charge is 2.27. The molecule has 0 heterocycles. The Morgan fingerprint density at radius 3 is 2.35 bits per heavy atom.